The van der Waals surface area contributed by atoms with Crippen molar-refractivity contribution >= 4 is 43.1 Å². The standard InChI is InChI=1S/C29H18N2O4/c32-26-22-13-5-1-9-18(22)19-10-2-6-14-23(19)27(33)30(26)17-31-28(34)24-15-7-3-11-20(24)21-12-4-8-16-25(21)29(31)35/h1-16H,17H2. The molecule has 0 fully saturated rings. The third-order valence-corrected chi connectivity index (χ3v) is 6.47. The molecule has 6 nitrogen and oxygen atoms in total. The van der Waals surface area contributed by atoms with Crippen LogP contribution in [-0.2, 0) is 6.67 Å². The average Bonchev–Trinajstić information content (AvgIpc) is 3.06. The van der Waals surface area contributed by atoms with Gasteiger partial charge in [0.05, 0.1) is 0 Å². The maximum Gasteiger partial charge on any atom is 0.262 e. The lowest BCUT2D eigenvalue weighted by Crippen LogP contribution is -2.40. The second-order valence-corrected chi connectivity index (χ2v) is 8.40. The molecule has 0 amide bonds. The van der Waals surface area contributed by atoms with Crippen molar-refractivity contribution in [1.29, 1.82) is 0 Å². The van der Waals surface area contributed by atoms with Crippen LogP contribution >= 0.6 is 0 Å². The molecule has 168 valence electrons. The van der Waals surface area contributed by atoms with Crippen LogP contribution in [0.5, 0.6) is 0 Å². The van der Waals surface area contributed by atoms with Crippen LogP contribution in [0.4, 0.5) is 0 Å². The van der Waals surface area contributed by atoms with Crippen molar-refractivity contribution in [3.8, 4) is 0 Å². The van der Waals surface area contributed by atoms with E-state index in [-0.39, 0.29) is 0 Å². The third kappa shape index (κ3) is 3.11. The van der Waals surface area contributed by atoms with Crippen LogP contribution in [0.25, 0.3) is 43.1 Å². The normalized spacial score (nSPS) is 11.4. The summed E-state index contributed by atoms with van der Waals surface area (Å²) in [5, 5.41) is 3.87. The van der Waals surface area contributed by atoms with Gasteiger partial charge in [-0.1, -0.05) is 72.8 Å². The molecule has 0 unspecified atom stereocenters. The summed E-state index contributed by atoms with van der Waals surface area (Å²) < 4.78 is 1.97. The first kappa shape index (κ1) is 20.7. The van der Waals surface area contributed by atoms with Crippen molar-refractivity contribution in [3.63, 3.8) is 0 Å². The SMILES string of the molecule is O=c1c2ccccc2c2ccccc2c(=O)n1Cn1c(=O)c2ccccc2c2ccccc2c1=O. The summed E-state index contributed by atoms with van der Waals surface area (Å²) in [5.74, 6) is 0. The Hall–Kier alpha value is -4.84. The maximum absolute atomic E-state index is 13.6. The lowest BCUT2D eigenvalue weighted by atomic mass is 10.1. The molecular weight excluding hydrogens is 440 g/mol. The zero-order valence-electron chi connectivity index (χ0n) is 18.5. The van der Waals surface area contributed by atoms with E-state index in [1.807, 2.05) is 0 Å². The van der Waals surface area contributed by atoms with E-state index < -0.39 is 28.9 Å². The molecule has 0 saturated heterocycles. The van der Waals surface area contributed by atoms with Crippen LogP contribution in [0.3, 0.4) is 0 Å². The van der Waals surface area contributed by atoms with Gasteiger partial charge in [-0.05, 0) is 45.8 Å². The van der Waals surface area contributed by atoms with Gasteiger partial charge in [-0.3, -0.25) is 28.3 Å². The van der Waals surface area contributed by atoms with Crippen LogP contribution in [-0.4, -0.2) is 9.13 Å². The summed E-state index contributed by atoms with van der Waals surface area (Å²) in [7, 11) is 0. The Labute approximate surface area is 197 Å². The van der Waals surface area contributed by atoms with Gasteiger partial charge in [-0.25, -0.2) is 0 Å². The van der Waals surface area contributed by atoms with Gasteiger partial charge in [-0.15, -0.1) is 0 Å². The Morgan fingerprint density at radius 3 is 0.771 bits per heavy atom. The fourth-order valence-corrected chi connectivity index (χ4v) is 4.78. The summed E-state index contributed by atoms with van der Waals surface area (Å²) >= 11 is 0. The molecule has 0 aliphatic rings. The third-order valence-electron chi connectivity index (χ3n) is 6.47. The summed E-state index contributed by atoms with van der Waals surface area (Å²) in [6.45, 7) is -0.499. The van der Waals surface area contributed by atoms with E-state index in [1.165, 1.54) is 0 Å². The fraction of sp³-hybridized carbons (Fsp3) is 0.0345. The number of nitrogens with zero attached hydrogens (tertiary/aromatic N) is 2. The van der Waals surface area contributed by atoms with Gasteiger partial charge in [-0.2, -0.15) is 0 Å². The molecule has 6 aromatic rings. The van der Waals surface area contributed by atoms with Gasteiger partial charge >= 0.3 is 0 Å². The predicted molar refractivity (Wildman–Crippen MR) is 139 cm³/mol. The highest BCUT2D eigenvalue weighted by Crippen LogP contribution is 2.20. The van der Waals surface area contributed by atoms with E-state index in [0.717, 1.165) is 9.13 Å². The van der Waals surface area contributed by atoms with Crippen LogP contribution in [0, 0.1) is 0 Å². The molecule has 6 heteroatoms. The van der Waals surface area contributed by atoms with Gasteiger partial charge in [0.25, 0.3) is 22.2 Å². The quantitative estimate of drug-likeness (QED) is 0.395. The lowest BCUT2D eigenvalue weighted by Gasteiger charge is -2.05. The topological polar surface area (TPSA) is 78.1 Å². The minimum absolute atomic E-state index is 0.335. The molecular formula is C29H18N2O4. The van der Waals surface area contributed by atoms with E-state index in [2.05, 4.69) is 0 Å². The van der Waals surface area contributed by atoms with Gasteiger partial charge in [0.2, 0.25) is 0 Å². The molecule has 35 heavy (non-hydrogen) atoms. The molecule has 4 aromatic carbocycles. The molecule has 0 aliphatic carbocycles. The second kappa shape index (κ2) is 7.88. The zero-order chi connectivity index (χ0) is 24.1. The zero-order valence-corrected chi connectivity index (χ0v) is 18.5. The Kier molecular flexibility index (Phi) is 4.67. The molecule has 0 saturated carbocycles. The summed E-state index contributed by atoms with van der Waals surface area (Å²) in [4.78, 5) is 54.5. The first-order valence-electron chi connectivity index (χ1n) is 11.2. The average molecular weight is 458 g/mol. The minimum Gasteiger partial charge on any atom is -0.269 e. The number of aromatic nitrogens is 2. The molecule has 2 heterocycles. The van der Waals surface area contributed by atoms with Crippen molar-refractivity contribution in [1.82, 2.24) is 9.13 Å². The largest absolute Gasteiger partial charge is 0.269 e. The monoisotopic (exact) mass is 458 g/mol. The summed E-state index contributed by atoms with van der Waals surface area (Å²) in [6, 6.07) is 27.9. The number of benzene rings is 4. The molecule has 0 atom stereocenters. The number of hydrogen-bond donors (Lipinski definition) is 0. The van der Waals surface area contributed by atoms with Crippen LogP contribution < -0.4 is 22.2 Å². The van der Waals surface area contributed by atoms with Crippen LogP contribution in [0.1, 0.15) is 0 Å². The molecule has 6 rings (SSSR count). The van der Waals surface area contributed by atoms with Gasteiger partial charge in [0.15, 0.2) is 0 Å². The molecule has 0 bridgehead atoms. The summed E-state index contributed by atoms with van der Waals surface area (Å²) in [5.41, 5.74) is -2.25. The first-order valence-corrected chi connectivity index (χ1v) is 11.2. The van der Waals surface area contributed by atoms with Crippen molar-refractivity contribution in [3.05, 3.63) is 138 Å². The van der Waals surface area contributed by atoms with Crippen LogP contribution in [0.2, 0.25) is 0 Å². The number of hydrogen-bond acceptors (Lipinski definition) is 4. The highest BCUT2D eigenvalue weighted by Gasteiger charge is 2.15. The van der Waals surface area contributed by atoms with E-state index in [0.29, 0.717) is 43.1 Å². The van der Waals surface area contributed by atoms with E-state index >= 15 is 0 Å². The smallest absolute Gasteiger partial charge is 0.262 e. The lowest BCUT2D eigenvalue weighted by molar-refractivity contribution is 0.558. The molecule has 0 spiro atoms. The number of rotatable bonds is 2. The van der Waals surface area contributed by atoms with E-state index in [1.54, 1.807) is 97.1 Å². The van der Waals surface area contributed by atoms with Crippen LogP contribution in [0.15, 0.2) is 116 Å². The Balaban J connectivity index is 1.80. The maximum atomic E-state index is 13.6. The number of fused-ring (bicyclic) bond motifs is 6. The first-order chi connectivity index (χ1) is 17.1. The molecule has 2 aromatic heterocycles. The van der Waals surface area contributed by atoms with Crippen molar-refractivity contribution in [2.75, 3.05) is 0 Å². The fourth-order valence-electron chi connectivity index (χ4n) is 4.78. The molecule has 0 aliphatic heterocycles. The predicted octanol–water partition coefficient (Wildman–Crippen LogP) is 3.85. The van der Waals surface area contributed by atoms with Crippen molar-refractivity contribution < 1.29 is 0 Å². The highest BCUT2D eigenvalue weighted by atomic mass is 16.2. The molecule has 0 radical (unpaired) electrons. The second-order valence-electron chi connectivity index (χ2n) is 8.40. The minimum atomic E-state index is -0.562. The summed E-state index contributed by atoms with van der Waals surface area (Å²) in [6.07, 6.45) is 0. The van der Waals surface area contributed by atoms with E-state index in [9.17, 15) is 19.2 Å². The highest BCUT2D eigenvalue weighted by molar-refractivity contribution is 6.06. The van der Waals surface area contributed by atoms with Gasteiger partial charge in [0, 0.05) is 21.5 Å². The Morgan fingerprint density at radius 1 is 0.343 bits per heavy atom. The van der Waals surface area contributed by atoms with Gasteiger partial charge < -0.3 is 0 Å². The molecule has 0 N–H and O–H groups in total. The van der Waals surface area contributed by atoms with E-state index in [4.69, 9.17) is 0 Å². The van der Waals surface area contributed by atoms with Gasteiger partial charge in [0.1, 0.15) is 6.67 Å². The Morgan fingerprint density at radius 2 is 0.543 bits per heavy atom. The Bertz CT molecular complexity index is 1780. The van der Waals surface area contributed by atoms with Crippen molar-refractivity contribution in [2.24, 2.45) is 0 Å². The van der Waals surface area contributed by atoms with Crippen molar-refractivity contribution in [2.45, 2.75) is 6.67 Å².